The molecule has 1 aliphatic rings. The summed E-state index contributed by atoms with van der Waals surface area (Å²) in [5, 5.41) is 7.61. The van der Waals surface area contributed by atoms with Gasteiger partial charge in [0.1, 0.15) is 17.8 Å². The van der Waals surface area contributed by atoms with Gasteiger partial charge in [-0.1, -0.05) is 13.3 Å². The lowest BCUT2D eigenvalue weighted by atomic mass is 10.1. The Morgan fingerprint density at radius 3 is 2.96 bits per heavy atom. The minimum absolute atomic E-state index is 0.691. The standard InChI is InChI=1S/C19H24N8/c1-4-6-14-16(23-12-27-18(14)24-13(2)25-27)11-26-10-9-22-19(26)17-15(20-3)7-5-8-21-17/h5,7-8,12,20H,4,6,9-11H2,1-3H3. The average Bonchev–Trinajstić information content (AvgIpc) is 3.29. The molecule has 8 nitrogen and oxygen atoms in total. The largest absolute Gasteiger partial charge is 0.386 e. The van der Waals surface area contributed by atoms with Crippen molar-refractivity contribution in [2.75, 3.05) is 25.5 Å². The van der Waals surface area contributed by atoms with Crippen LogP contribution in [-0.2, 0) is 13.0 Å². The Labute approximate surface area is 158 Å². The second kappa shape index (κ2) is 7.30. The Morgan fingerprint density at radius 1 is 1.26 bits per heavy atom. The molecule has 140 valence electrons. The predicted octanol–water partition coefficient (Wildman–Crippen LogP) is 2.08. The van der Waals surface area contributed by atoms with Gasteiger partial charge in [0.2, 0.25) is 0 Å². The second-order valence-corrected chi connectivity index (χ2v) is 6.62. The van der Waals surface area contributed by atoms with Gasteiger partial charge in [0.15, 0.2) is 11.5 Å². The molecule has 0 saturated heterocycles. The molecule has 0 spiro atoms. The van der Waals surface area contributed by atoms with E-state index in [0.29, 0.717) is 6.54 Å². The van der Waals surface area contributed by atoms with E-state index in [4.69, 9.17) is 9.98 Å². The summed E-state index contributed by atoms with van der Waals surface area (Å²) >= 11 is 0. The van der Waals surface area contributed by atoms with Gasteiger partial charge in [-0.05, 0) is 25.5 Å². The summed E-state index contributed by atoms with van der Waals surface area (Å²) in [6, 6.07) is 3.95. The number of hydrogen-bond donors (Lipinski definition) is 1. The third-order valence-corrected chi connectivity index (χ3v) is 4.74. The number of aromatic nitrogens is 5. The summed E-state index contributed by atoms with van der Waals surface area (Å²) in [5.41, 5.74) is 4.98. The Kier molecular flexibility index (Phi) is 4.70. The van der Waals surface area contributed by atoms with Crippen LogP contribution in [0.3, 0.4) is 0 Å². The highest BCUT2D eigenvalue weighted by Crippen LogP contribution is 2.22. The number of nitrogens with zero attached hydrogens (tertiary/aromatic N) is 7. The van der Waals surface area contributed by atoms with Gasteiger partial charge >= 0.3 is 0 Å². The number of aryl methyl sites for hydroxylation is 2. The molecular weight excluding hydrogens is 340 g/mol. The summed E-state index contributed by atoms with van der Waals surface area (Å²) in [5.74, 6) is 1.68. The lowest BCUT2D eigenvalue weighted by molar-refractivity contribution is 0.442. The molecule has 3 aromatic heterocycles. The van der Waals surface area contributed by atoms with E-state index in [-0.39, 0.29) is 0 Å². The summed E-state index contributed by atoms with van der Waals surface area (Å²) in [7, 11) is 1.91. The number of rotatable bonds is 6. The van der Waals surface area contributed by atoms with Crippen LogP contribution in [0.1, 0.15) is 36.1 Å². The van der Waals surface area contributed by atoms with Crippen LogP contribution in [0.5, 0.6) is 0 Å². The Bertz CT molecular complexity index is 991. The van der Waals surface area contributed by atoms with Gasteiger partial charge in [-0.25, -0.2) is 14.5 Å². The van der Waals surface area contributed by atoms with Crippen LogP contribution < -0.4 is 5.32 Å². The van der Waals surface area contributed by atoms with E-state index >= 15 is 0 Å². The molecule has 0 saturated carbocycles. The molecule has 1 N–H and O–H groups in total. The highest BCUT2D eigenvalue weighted by atomic mass is 15.3. The van der Waals surface area contributed by atoms with Gasteiger partial charge in [0, 0.05) is 25.4 Å². The molecule has 0 atom stereocenters. The van der Waals surface area contributed by atoms with Crippen LogP contribution in [0.2, 0.25) is 0 Å². The van der Waals surface area contributed by atoms with Crippen molar-refractivity contribution >= 4 is 17.2 Å². The highest BCUT2D eigenvalue weighted by molar-refractivity contribution is 6.02. The van der Waals surface area contributed by atoms with E-state index in [1.165, 1.54) is 5.56 Å². The van der Waals surface area contributed by atoms with Gasteiger partial charge in [0.05, 0.1) is 24.5 Å². The first kappa shape index (κ1) is 17.4. The number of amidine groups is 1. The maximum absolute atomic E-state index is 4.71. The van der Waals surface area contributed by atoms with Crippen molar-refractivity contribution in [2.45, 2.75) is 33.2 Å². The normalized spacial score (nSPS) is 14.0. The molecule has 0 fully saturated rings. The van der Waals surface area contributed by atoms with Crippen LogP contribution >= 0.6 is 0 Å². The number of fused-ring (bicyclic) bond motifs is 1. The second-order valence-electron chi connectivity index (χ2n) is 6.62. The zero-order valence-corrected chi connectivity index (χ0v) is 16.0. The fourth-order valence-corrected chi connectivity index (χ4v) is 3.52. The predicted molar refractivity (Wildman–Crippen MR) is 105 cm³/mol. The molecule has 0 amide bonds. The number of nitrogens with one attached hydrogen (secondary N) is 1. The van der Waals surface area contributed by atoms with Crippen LogP contribution in [0, 0.1) is 6.92 Å². The Hall–Kier alpha value is -3.03. The number of anilines is 1. The summed E-state index contributed by atoms with van der Waals surface area (Å²) in [6.07, 6.45) is 5.53. The van der Waals surface area contributed by atoms with Crippen molar-refractivity contribution in [1.29, 1.82) is 0 Å². The molecule has 3 aromatic rings. The molecule has 4 rings (SSSR count). The third-order valence-electron chi connectivity index (χ3n) is 4.74. The van der Waals surface area contributed by atoms with Gasteiger partial charge in [-0.2, -0.15) is 5.10 Å². The molecule has 8 heteroatoms. The molecule has 27 heavy (non-hydrogen) atoms. The third kappa shape index (κ3) is 3.22. The fourth-order valence-electron chi connectivity index (χ4n) is 3.52. The van der Waals surface area contributed by atoms with Crippen molar-refractivity contribution in [1.82, 2.24) is 29.5 Å². The maximum atomic E-state index is 4.71. The van der Waals surface area contributed by atoms with Crippen LogP contribution in [0.15, 0.2) is 29.6 Å². The molecule has 1 aliphatic heterocycles. The zero-order valence-electron chi connectivity index (χ0n) is 16.0. The minimum Gasteiger partial charge on any atom is -0.386 e. The first-order valence-corrected chi connectivity index (χ1v) is 9.33. The molecule has 4 heterocycles. The fraction of sp³-hybridized carbons (Fsp3) is 0.421. The Balaban J connectivity index is 1.69. The van der Waals surface area contributed by atoms with E-state index in [2.05, 4.69) is 32.2 Å². The lowest BCUT2D eigenvalue weighted by Gasteiger charge is -2.22. The van der Waals surface area contributed by atoms with E-state index < -0.39 is 0 Å². The molecule has 0 unspecified atom stereocenters. The lowest BCUT2D eigenvalue weighted by Crippen LogP contribution is -2.30. The minimum atomic E-state index is 0.691. The van der Waals surface area contributed by atoms with Crippen LogP contribution in [-0.4, -0.2) is 55.4 Å². The number of pyridine rings is 1. The molecule has 0 aliphatic carbocycles. The molecule has 0 bridgehead atoms. The number of hydrogen-bond acceptors (Lipinski definition) is 7. The summed E-state index contributed by atoms with van der Waals surface area (Å²) in [6.45, 7) is 6.40. The van der Waals surface area contributed by atoms with Crippen molar-refractivity contribution in [2.24, 2.45) is 4.99 Å². The van der Waals surface area contributed by atoms with E-state index in [0.717, 1.165) is 60.3 Å². The SMILES string of the molecule is CCCc1c(CN2CCN=C2c2ncccc2NC)ncn2nc(C)nc12. The van der Waals surface area contributed by atoms with Crippen LogP contribution in [0.4, 0.5) is 5.69 Å². The van der Waals surface area contributed by atoms with Gasteiger partial charge < -0.3 is 10.2 Å². The first-order valence-electron chi connectivity index (χ1n) is 9.33. The molecule has 0 aromatic carbocycles. The van der Waals surface area contributed by atoms with Gasteiger partial charge in [-0.15, -0.1) is 0 Å². The monoisotopic (exact) mass is 364 g/mol. The van der Waals surface area contributed by atoms with E-state index in [9.17, 15) is 0 Å². The van der Waals surface area contributed by atoms with E-state index in [1.807, 2.05) is 26.1 Å². The summed E-state index contributed by atoms with van der Waals surface area (Å²) < 4.78 is 1.78. The average molecular weight is 364 g/mol. The van der Waals surface area contributed by atoms with Crippen molar-refractivity contribution in [3.05, 3.63) is 47.4 Å². The molecule has 0 radical (unpaired) electrons. The van der Waals surface area contributed by atoms with Crippen molar-refractivity contribution in [3.63, 3.8) is 0 Å². The smallest absolute Gasteiger partial charge is 0.162 e. The van der Waals surface area contributed by atoms with E-state index in [1.54, 1.807) is 17.0 Å². The van der Waals surface area contributed by atoms with Crippen molar-refractivity contribution < 1.29 is 0 Å². The van der Waals surface area contributed by atoms with Gasteiger partial charge in [-0.3, -0.25) is 9.98 Å². The maximum Gasteiger partial charge on any atom is 0.162 e. The first-order chi connectivity index (χ1) is 13.2. The zero-order chi connectivity index (χ0) is 18.8. The quantitative estimate of drug-likeness (QED) is 0.721. The van der Waals surface area contributed by atoms with Crippen LogP contribution in [0.25, 0.3) is 5.65 Å². The topological polar surface area (TPSA) is 83.6 Å². The van der Waals surface area contributed by atoms with Gasteiger partial charge in [0.25, 0.3) is 0 Å². The number of aliphatic imine (C=N–C) groups is 1. The Morgan fingerprint density at radius 2 is 2.15 bits per heavy atom. The molecular formula is C19H24N8. The summed E-state index contributed by atoms with van der Waals surface area (Å²) in [4.78, 5) is 20.8. The highest BCUT2D eigenvalue weighted by Gasteiger charge is 2.24. The van der Waals surface area contributed by atoms with Crippen molar-refractivity contribution in [3.8, 4) is 0 Å².